The van der Waals surface area contributed by atoms with Crippen LogP contribution < -0.4 is 10.6 Å². The average molecular weight is 427 g/mol. The van der Waals surface area contributed by atoms with Crippen LogP contribution in [0.1, 0.15) is 41.5 Å². The number of nitrogens with one attached hydrogen (secondary N) is 1. The molecule has 0 spiro atoms. The van der Waals surface area contributed by atoms with E-state index < -0.39 is 16.1 Å². The molecule has 2 aliphatic rings. The first-order valence-corrected chi connectivity index (χ1v) is 11.7. The lowest BCUT2D eigenvalue weighted by molar-refractivity contribution is -0.129. The van der Waals surface area contributed by atoms with Crippen molar-refractivity contribution < 1.29 is 13.2 Å². The molecule has 158 valence electrons. The van der Waals surface area contributed by atoms with Crippen LogP contribution >= 0.6 is 0 Å². The van der Waals surface area contributed by atoms with Crippen LogP contribution in [0.4, 0.5) is 0 Å². The Hall–Kier alpha value is -2.71. The molecule has 2 aromatic carbocycles. The Kier molecular flexibility index (Phi) is 5.87. The summed E-state index contributed by atoms with van der Waals surface area (Å²) in [7, 11) is -3.75. The van der Waals surface area contributed by atoms with E-state index in [0.29, 0.717) is 19.5 Å². The number of rotatable bonds is 6. The molecule has 0 bridgehead atoms. The van der Waals surface area contributed by atoms with E-state index in [4.69, 9.17) is 5.84 Å². The SMILES string of the molecule is NN=Cc1cccc(CN2CC[C@H](NS(=O)(=O)c3ccc4c(c3)CCCC4)C2=O)c1. The number of amides is 1. The molecule has 1 saturated heterocycles. The maximum Gasteiger partial charge on any atom is 0.241 e. The predicted octanol–water partition coefficient (Wildman–Crippen LogP) is 1.94. The monoisotopic (exact) mass is 426 g/mol. The minimum Gasteiger partial charge on any atom is -0.337 e. The standard InChI is InChI=1S/C22H26N4O3S/c23-24-14-16-4-3-5-17(12-16)15-26-11-10-21(22(26)27)25-30(28,29)20-9-8-18-6-1-2-7-19(18)13-20/h3-5,8-9,12-14,21,25H,1-2,6-7,10-11,15,23H2/t21-/m0/s1. The van der Waals surface area contributed by atoms with Crippen LogP contribution in [-0.4, -0.2) is 38.0 Å². The van der Waals surface area contributed by atoms with E-state index in [9.17, 15) is 13.2 Å². The Bertz CT molecular complexity index is 1080. The number of sulfonamides is 1. The van der Waals surface area contributed by atoms with E-state index >= 15 is 0 Å². The van der Waals surface area contributed by atoms with Crippen LogP contribution in [0.25, 0.3) is 0 Å². The molecule has 7 nitrogen and oxygen atoms in total. The summed E-state index contributed by atoms with van der Waals surface area (Å²) in [5, 5.41) is 3.52. The molecule has 8 heteroatoms. The third kappa shape index (κ3) is 4.39. The van der Waals surface area contributed by atoms with Gasteiger partial charge in [-0.25, -0.2) is 8.42 Å². The van der Waals surface area contributed by atoms with Crippen LogP contribution in [0.3, 0.4) is 0 Å². The minimum atomic E-state index is -3.75. The largest absolute Gasteiger partial charge is 0.337 e. The molecule has 1 amide bonds. The molecule has 1 heterocycles. The van der Waals surface area contributed by atoms with Gasteiger partial charge in [0.25, 0.3) is 0 Å². The van der Waals surface area contributed by atoms with Gasteiger partial charge in [0, 0.05) is 13.1 Å². The van der Waals surface area contributed by atoms with Gasteiger partial charge in [0.1, 0.15) is 6.04 Å². The fraction of sp³-hybridized carbons (Fsp3) is 0.364. The second-order valence-corrected chi connectivity index (χ2v) is 9.60. The lowest BCUT2D eigenvalue weighted by Crippen LogP contribution is -2.41. The Morgan fingerprint density at radius 3 is 2.73 bits per heavy atom. The number of benzene rings is 2. The molecule has 30 heavy (non-hydrogen) atoms. The Morgan fingerprint density at radius 1 is 1.13 bits per heavy atom. The van der Waals surface area contributed by atoms with E-state index in [1.54, 1.807) is 23.2 Å². The second kappa shape index (κ2) is 8.57. The van der Waals surface area contributed by atoms with Crippen molar-refractivity contribution in [1.82, 2.24) is 9.62 Å². The minimum absolute atomic E-state index is 0.200. The van der Waals surface area contributed by atoms with Gasteiger partial charge in [-0.05, 0) is 72.6 Å². The smallest absolute Gasteiger partial charge is 0.241 e. The number of nitrogens with two attached hydrogens (primary N) is 1. The van der Waals surface area contributed by atoms with Gasteiger partial charge in [0.05, 0.1) is 11.1 Å². The first-order chi connectivity index (χ1) is 14.5. The topological polar surface area (TPSA) is 105 Å². The van der Waals surface area contributed by atoms with Gasteiger partial charge in [-0.1, -0.05) is 24.3 Å². The summed E-state index contributed by atoms with van der Waals surface area (Å²) in [6.07, 6.45) is 6.13. The van der Waals surface area contributed by atoms with Crippen molar-refractivity contribution in [3.63, 3.8) is 0 Å². The van der Waals surface area contributed by atoms with Crippen LogP contribution in [0.15, 0.2) is 52.5 Å². The number of hydrogen-bond acceptors (Lipinski definition) is 5. The molecular weight excluding hydrogens is 400 g/mol. The fourth-order valence-corrected chi connectivity index (χ4v) is 5.49. The summed E-state index contributed by atoms with van der Waals surface area (Å²) in [5.74, 6) is 5.00. The Morgan fingerprint density at radius 2 is 1.93 bits per heavy atom. The quantitative estimate of drug-likeness (QED) is 0.418. The molecule has 0 saturated carbocycles. The number of fused-ring (bicyclic) bond motifs is 1. The van der Waals surface area contributed by atoms with Gasteiger partial charge in [0.15, 0.2) is 0 Å². The molecule has 1 aliphatic carbocycles. The highest BCUT2D eigenvalue weighted by Crippen LogP contribution is 2.25. The molecule has 4 rings (SSSR count). The number of carbonyl (C=O) groups excluding carboxylic acids is 1. The third-order valence-corrected chi connectivity index (χ3v) is 7.24. The van der Waals surface area contributed by atoms with Crippen molar-refractivity contribution in [1.29, 1.82) is 0 Å². The molecule has 1 aliphatic heterocycles. The fourth-order valence-electron chi connectivity index (χ4n) is 4.22. The molecule has 2 aromatic rings. The van der Waals surface area contributed by atoms with Crippen molar-refractivity contribution in [2.24, 2.45) is 10.9 Å². The van der Waals surface area contributed by atoms with Crippen LogP contribution in [0, 0.1) is 0 Å². The van der Waals surface area contributed by atoms with Gasteiger partial charge in [0.2, 0.25) is 15.9 Å². The van der Waals surface area contributed by atoms with E-state index in [2.05, 4.69) is 9.82 Å². The summed E-state index contributed by atoms with van der Waals surface area (Å²) in [6.45, 7) is 0.924. The van der Waals surface area contributed by atoms with Crippen molar-refractivity contribution in [2.45, 2.75) is 49.6 Å². The van der Waals surface area contributed by atoms with Crippen molar-refractivity contribution in [3.8, 4) is 0 Å². The zero-order chi connectivity index (χ0) is 21.1. The number of nitrogens with zero attached hydrogens (tertiary/aromatic N) is 2. The summed E-state index contributed by atoms with van der Waals surface area (Å²) in [4.78, 5) is 14.7. The highest BCUT2D eigenvalue weighted by atomic mass is 32.2. The first-order valence-electron chi connectivity index (χ1n) is 10.2. The van der Waals surface area contributed by atoms with E-state index in [1.807, 2.05) is 30.3 Å². The van der Waals surface area contributed by atoms with E-state index in [1.165, 1.54) is 5.56 Å². The van der Waals surface area contributed by atoms with Crippen LogP contribution in [0.5, 0.6) is 0 Å². The lowest BCUT2D eigenvalue weighted by Gasteiger charge is -2.19. The lowest BCUT2D eigenvalue weighted by atomic mass is 9.92. The Balaban J connectivity index is 1.44. The van der Waals surface area contributed by atoms with Crippen molar-refractivity contribution in [2.75, 3.05) is 6.54 Å². The molecule has 3 N–H and O–H groups in total. The molecule has 0 radical (unpaired) electrons. The van der Waals surface area contributed by atoms with Gasteiger partial charge >= 0.3 is 0 Å². The maximum atomic E-state index is 12.9. The maximum absolute atomic E-state index is 12.9. The Labute approximate surface area is 177 Å². The number of hydrogen-bond donors (Lipinski definition) is 2. The summed E-state index contributed by atoms with van der Waals surface area (Å²) in [5.41, 5.74) is 4.12. The zero-order valence-corrected chi connectivity index (χ0v) is 17.6. The van der Waals surface area contributed by atoms with Crippen molar-refractivity contribution in [3.05, 3.63) is 64.7 Å². The number of likely N-dealkylation sites (tertiary alicyclic amines) is 1. The van der Waals surface area contributed by atoms with Gasteiger partial charge in [-0.2, -0.15) is 9.82 Å². The predicted molar refractivity (Wildman–Crippen MR) is 115 cm³/mol. The van der Waals surface area contributed by atoms with Gasteiger partial charge in [-0.15, -0.1) is 0 Å². The number of aryl methyl sites for hydroxylation is 2. The zero-order valence-electron chi connectivity index (χ0n) is 16.8. The molecule has 1 atom stereocenters. The first kappa shape index (κ1) is 20.6. The third-order valence-electron chi connectivity index (χ3n) is 5.77. The van der Waals surface area contributed by atoms with Gasteiger partial charge < -0.3 is 10.7 Å². The number of carbonyl (C=O) groups is 1. The normalized spacial score (nSPS) is 19.4. The van der Waals surface area contributed by atoms with Crippen molar-refractivity contribution >= 4 is 22.1 Å². The molecule has 0 unspecified atom stereocenters. The highest BCUT2D eigenvalue weighted by Gasteiger charge is 2.35. The van der Waals surface area contributed by atoms with E-state index in [-0.39, 0.29) is 10.8 Å². The molecular formula is C22H26N4O3S. The summed E-state index contributed by atoms with van der Waals surface area (Å²) >= 11 is 0. The van der Waals surface area contributed by atoms with E-state index in [0.717, 1.165) is 42.4 Å². The van der Waals surface area contributed by atoms with Crippen LogP contribution in [0.2, 0.25) is 0 Å². The van der Waals surface area contributed by atoms with Crippen LogP contribution in [-0.2, 0) is 34.2 Å². The summed E-state index contributed by atoms with van der Waals surface area (Å²) in [6, 6.07) is 12.2. The summed E-state index contributed by atoms with van der Waals surface area (Å²) < 4.78 is 28.4. The number of hydrazone groups is 1. The second-order valence-electron chi connectivity index (χ2n) is 7.88. The molecule has 1 fully saturated rings. The average Bonchev–Trinajstić information content (AvgIpc) is 3.07. The molecule has 0 aromatic heterocycles. The highest BCUT2D eigenvalue weighted by molar-refractivity contribution is 7.89. The van der Waals surface area contributed by atoms with Gasteiger partial charge in [-0.3, -0.25) is 4.79 Å².